The molecule has 6 nitrogen and oxygen atoms in total. The van der Waals surface area contributed by atoms with Gasteiger partial charge in [-0.25, -0.2) is 4.79 Å². The van der Waals surface area contributed by atoms with Crippen LogP contribution in [-0.4, -0.2) is 57.9 Å². The lowest BCUT2D eigenvalue weighted by atomic mass is 9.99. The Morgan fingerprint density at radius 3 is 1.51 bits per heavy atom. The molecule has 2 heterocycles. The third-order valence-corrected chi connectivity index (χ3v) is 9.03. The van der Waals surface area contributed by atoms with Crippen molar-refractivity contribution in [2.24, 2.45) is 0 Å². The van der Waals surface area contributed by atoms with Gasteiger partial charge >= 0.3 is 5.97 Å². The maximum absolute atomic E-state index is 11.6. The number of ether oxygens (including phenoxy) is 2. The summed E-state index contributed by atoms with van der Waals surface area (Å²) in [5.74, 6) is -0.280. The molecule has 3 N–H and O–H groups in total. The van der Waals surface area contributed by atoms with Crippen LogP contribution < -0.4 is 0 Å². The van der Waals surface area contributed by atoms with Crippen molar-refractivity contribution in [3.05, 3.63) is 11.6 Å². The van der Waals surface area contributed by atoms with Crippen LogP contribution in [-0.2, 0) is 14.3 Å². The fourth-order valence-corrected chi connectivity index (χ4v) is 6.40. The zero-order valence-electron chi connectivity index (χ0n) is 26.6. The van der Waals surface area contributed by atoms with Crippen molar-refractivity contribution in [1.29, 1.82) is 0 Å². The van der Waals surface area contributed by atoms with Gasteiger partial charge in [-0.3, -0.25) is 0 Å². The molecule has 0 saturated carbocycles. The summed E-state index contributed by atoms with van der Waals surface area (Å²) in [6, 6.07) is 0. The van der Waals surface area contributed by atoms with E-state index in [4.69, 9.17) is 9.47 Å². The maximum atomic E-state index is 11.6. The quantitative estimate of drug-likeness (QED) is 0.0707. The number of esters is 1. The Morgan fingerprint density at radius 1 is 0.683 bits per heavy atom. The Morgan fingerprint density at radius 2 is 1.10 bits per heavy atom. The van der Waals surface area contributed by atoms with Gasteiger partial charge in [0.25, 0.3) is 0 Å². The van der Waals surface area contributed by atoms with Crippen LogP contribution in [0.15, 0.2) is 11.6 Å². The second kappa shape index (κ2) is 22.6. The van der Waals surface area contributed by atoms with Gasteiger partial charge < -0.3 is 24.8 Å². The molecular weight excluding hydrogens is 516 g/mol. The summed E-state index contributed by atoms with van der Waals surface area (Å²) in [4.78, 5) is 11.6. The van der Waals surface area contributed by atoms with E-state index in [0.717, 1.165) is 64.2 Å². The van der Waals surface area contributed by atoms with Crippen molar-refractivity contribution in [1.82, 2.24) is 0 Å². The topological polar surface area (TPSA) is 96.2 Å². The lowest BCUT2D eigenvalue weighted by Gasteiger charge is -2.22. The van der Waals surface area contributed by atoms with Gasteiger partial charge in [-0.2, -0.15) is 0 Å². The van der Waals surface area contributed by atoms with Crippen LogP contribution in [0.4, 0.5) is 0 Å². The Bertz CT molecular complexity index is 694. The van der Waals surface area contributed by atoms with E-state index in [-0.39, 0.29) is 24.3 Å². The summed E-state index contributed by atoms with van der Waals surface area (Å²) >= 11 is 0. The Kier molecular flexibility index (Phi) is 20.0. The highest BCUT2D eigenvalue weighted by Gasteiger charge is 2.34. The number of aliphatic hydroxyl groups excluding tert-OH is 3. The normalized spacial score (nSPS) is 23.0. The molecule has 0 spiro atoms. The highest BCUT2D eigenvalue weighted by Crippen LogP contribution is 2.28. The van der Waals surface area contributed by atoms with E-state index in [1.54, 1.807) is 0 Å². The van der Waals surface area contributed by atoms with Crippen molar-refractivity contribution in [2.45, 2.75) is 205 Å². The van der Waals surface area contributed by atoms with Crippen LogP contribution in [0, 0.1) is 0 Å². The summed E-state index contributed by atoms with van der Waals surface area (Å²) < 4.78 is 11.2. The van der Waals surface area contributed by atoms with E-state index in [2.05, 4.69) is 6.92 Å². The Labute approximate surface area is 251 Å². The predicted octanol–water partition coefficient (Wildman–Crippen LogP) is 8.09. The second-order valence-corrected chi connectivity index (χ2v) is 13.0. The van der Waals surface area contributed by atoms with Crippen molar-refractivity contribution in [2.75, 3.05) is 0 Å². The van der Waals surface area contributed by atoms with Gasteiger partial charge in [0.05, 0.1) is 30.5 Å². The zero-order valence-corrected chi connectivity index (χ0v) is 26.6. The highest BCUT2D eigenvalue weighted by molar-refractivity contribution is 5.90. The number of rotatable bonds is 26. The molecular formula is C35H64O6. The van der Waals surface area contributed by atoms with Gasteiger partial charge in [-0.1, -0.05) is 122 Å². The number of hydrogen-bond donors (Lipinski definition) is 3. The van der Waals surface area contributed by atoms with Crippen LogP contribution >= 0.6 is 0 Å². The molecule has 240 valence electrons. The average Bonchev–Trinajstić information content (AvgIpc) is 3.57. The molecule has 0 amide bonds. The molecule has 0 aromatic heterocycles. The third-order valence-electron chi connectivity index (χ3n) is 9.03. The highest BCUT2D eigenvalue weighted by atomic mass is 16.5. The van der Waals surface area contributed by atoms with Crippen molar-refractivity contribution in [3.8, 4) is 0 Å². The largest absolute Gasteiger partial charge is 0.455 e. The molecule has 0 aromatic carbocycles. The summed E-state index contributed by atoms with van der Waals surface area (Å²) in [5, 5.41) is 31.4. The van der Waals surface area contributed by atoms with Crippen LogP contribution in [0.3, 0.4) is 0 Å². The molecule has 0 radical (unpaired) electrons. The minimum atomic E-state index is -0.461. The first kappa shape index (κ1) is 36.2. The number of unbranched alkanes of at least 4 members (excludes halogenated alkanes) is 16. The summed E-state index contributed by atoms with van der Waals surface area (Å²) in [7, 11) is 0. The van der Waals surface area contributed by atoms with E-state index in [9.17, 15) is 20.1 Å². The van der Waals surface area contributed by atoms with Crippen LogP contribution in [0.25, 0.3) is 0 Å². The van der Waals surface area contributed by atoms with Gasteiger partial charge in [0, 0.05) is 12.0 Å². The van der Waals surface area contributed by atoms with Crippen LogP contribution in [0.1, 0.15) is 168 Å². The smallest absolute Gasteiger partial charge is 0.334 e. The minimum absolute atomic E-state index is 0.102. The fraction of sp³-hybridized carbons (Fsp3) is 0.914. The molecule has 0 unspecified atom stereocenters. The number of carbonyl (C=O) groups is 1. The van der Waals surface area contributed by atoms with E-state index in [1.807, 2.05) is 13.0 Å². The van der Waals surface area contributed by atoms with Crippen molar-refractivity contribution in [3.63, 3.8) is 0 Å². The standard InChI is InChI=1S/C35H64O6/c1-3-4-5-6-7-8-9-13-16-19-22-31(37)33-24-25-34(41-33)32(38)23-20-17-14-11-10-12-15-18-21-30(36)27-29-26-28(2)40-35(29)39/h26,28,30-34,36-38H,3-25,27H2,1-2H3/t28-,30+,31+,32+,33+,34-/m0/s1. The van der Waals surface area contributed by atoms with Crippen LogP contribution in [0.2, 0.25) is 0 Å². The van der Waals surface area contributed by atoms with E-state index in [1.165, 1.54) is 83.5 Å². The van der Waals surface area contributed by atoms with Gasteiger partial charge in [0.2, 0.25) is 0 Å². The third kappa shape index (κ3) is 16.5. The van der Waals surface area contributed by atoms with Gasteiger partial charge in [0.15, 0.2) is 0 Å². The molecule has 41 heavy (non-hydrogen) atoms. The number of aliphatic hydroxyl groups is 3. The first-order chi connectivity index (χ1) is 19.9. The fourth-order valence-electron chi connectivity index (χ4n) is 6.40. The first-order valence-electron chi connectivity index (χ1n) is 17.5. The van der Waals surface area contributed by atoms with E-state index >= 15 is 0 Å². The average molecular weight is 581 g/mol. The molecule has 0 bridgehead atoms. The van der Waals surface area contributed by atoms with Crippen molar-refractivity contribution >= 4 is 5.97 Å². The molecule has 0 aromatic rings. The molecule has 1 saturated heterocycles. The SMILES string of the molecule is CCCCCCCCCCCC[C@@H](O)[C@H]1CC[C@@H]([C@H](O)CCCCCCCCCC[C@@H](O)CC2=C[C@H](C)OC2=O)O1. The Hall–Kier alpha value is -0.950. The molecule has 6 atom stereocenters. The molecule has 2 aliphatic rings. The van der Waals surface area contributed by atoms with Crippen molar-refractivity contribution < 1.29 is 29.6 Å². The lowest BCUT2D eigenvalue weighted by Crippen LogP contribution is -2.31. The molecule has 6 heteroatoms. The summed E-state index contributed by atoms with van der Waals surface area (Å²) in [6.45, 7) is 4.10. The number of carbonyl (C=O) groups excluding carboxylic acids is 1. The lowest BCUT2D eigenvalue weighted by molar-refractivity contribution is -0.139. The Balaban J connectivity index is 1.37. The monoisotopic (exact) mass is 580 g/mol. The number of cyclic esters (lactones) is 1. The van der Waals surface area contributed by atoms with E-state index < -0.39 is 18.3 Å². The zero-order chi connectivity index (χ0) is 29.7. The summed E-state index contributed by atoms with van der Waals surface area (Å²) in [6.07, 6.45) is 26.7. The van der Waals surface area contributed by atoms with Gasteiger partial charge in [0.1, 0.15) is 6.10 Å². The van der Waals surface area contributed by atoms with Gasteiger partial charge in [-0.15, -0.1) is 0 Å². The second-order valence-electron chi connectivity index (χ2n) is 13.0. The maximum Gasteiger partial charge on any atom is 0.334 e. The summed E-state index contributed by atoms with van der Waals surface area (Å²) in [5.41, 5.74) is 0.617. The number of hydrogen-bond acceptors (Lipinski definition) is 6. The molecule has 0 aliphatic carbocycles. The van der Waals surface area contributed by atoms with E-state index in [0.29, 0.717) is 12.0 Å². The predicted molar refractivity (Wildman–Crippen MR) is 167 cm³/mol. The molecule has 2 rings (SSSR count). The van der Waals surface area contributed by atoms with Gasteiger partial charge in [-0.05, 0) is 45.1 Å². The van der Waals surface area contributed by atoms with Crippen LogP contribution in [0.5, 0.6) is 0 Å². The molecule has 2 aliphatic heterocycles. The molecule has 1 fully saturated rings. The first-order valence-corrected chi connectivity index (χ1v) is 17.5. The minimum Gasteiger partial charge on any atom is -0.455 e.